The molecular weight excluding hydrogens is 298 g/mol. The lowest BCUT2D eigenvalue weighted by Crippen LogP contribution is -2.48. The molecule has 1 aromatic heterocycles. The summed E-state index contributed by atoms with van der Waals surface area (Å²) in [4.78, 5) is 21.2. The molecule has 0 saturated carbocycles. The van der Waals surface area contributed by atoms with E-state index in [4.69, 9.17) is 4.74 Å². The van der Waals surface area contributed by atoms with Crippen LogP contribution in [-0.2, 0) is 16.1 Å². The molecule has 1 amide bonds. The number of rotatable bonds is 5. The van der Waals surface area contributed by atoms with Gasteiger partial charge in [-0.05, 0) is 26.2 Å². The normalized spacial score (nSPS) is 23.1. The van der Waals surface area contributed by atoms with Crippen molar-refractivity contribution in [3.05, 3.63) is 16.1 Å². The third-order valence-corrected chi connectivity index (χ3v) is 5.30. The minimum absolute atomic E-state index is 0.291. The van der Waals surface area contributed by atoms with Crippen LogP contribution in [0.3, 0.4) is 0 Å². The van der Waals surface area contributed by atoms with E-state index in [9.17, 15) is 4.79 Å². The highest BCUT2D eigenvalue weighted by molar-refractivity contribution is 7.09. The number of nitrogens with zero attached hydrogens (tertiary/aromatic N) is 3. The summed E-state index contributed by atoms with van der Waals surface area (Å²) in [6, 6.07) is 0. The molecule has 2 aliphatic rings. The van der Waals surface area contributed by atoms with Gasteiger partial charge < -0.3 is 9.64 Å². The Hall–Kier alpha value is -0.980. The third kappa shape index (κ3) is 4.27. The number of thiazole rings is 1. The van der Waals surface area contributed by atoms with Crippen LogP contribution >= 0.6 is 11.3 Å². The Morgan fingerprint density at radius 2 is 2.23 bits per heavy atom. The maximum absolute atomic E-state index is 12.3. The fraction of sp³-hybridized carbons (Fsp3) is 0.750. The lowest BCUT2D eigenvalue weighted by Gasteiger charge is -2.34. The number of aromatic nitrogens is 1. The van der Waals surface area contributed by atoms with E-state index in [0.29, 0.717) is 18.4 Å². The minimum Gasteiger partial charge on any atom is -0.378 e. The second kappa shape index (κ2) is 7.53. The molecule has 0 N–H and O–H groups in total. The predicted octanol–water partition coefficient (Wildman–Crippen LogP) is 2.05. The Morgan fingerprint density at radius 1 is 1.41 bits per heavy atom. The van der Waals surface area contributed by atoms with E-state index in [1.807, 2.05) is 11.8 Å². The molecule has 3 heterocycles. The summed E-state index contributed by atoms with van der Waals surface area (Å²) in [6.45, 7) is 7.39. The molecule has 0 unspecified atom stereocenters. The van der Waals surface area contributed by atoms with Crippen LogP contribution in [0.5, 0.6) is 0 Å². The molecule has 1 atom stereocenters. The third-order valence-electron chi connectivity index (χ3n) is 4.48. The van der Waals surface area contributed by atoms with E-state index in [0.717, 1.165) is 69.3 Å². The molecule has 0 radical (unpaired) electrons. The molecule has 3 rings (SSSR count). The largest absolute Gasteiger partial charge is 0.378 e. The molecule has 22 heavy (non-hydrogen) atoms. The summed E-state index contributed by atoms with van der Waals surface area (Å²) < 4.78 is 5.59. The number of aryl methyl sites for hydroxylation is 1. The van der Waals surface area contributed by atoms with Crippen molar-refractivity contribution in [3.63, 3.8) is 0 Å². The van der Waals surface area contributed by atoms with E-state index in [2.05, 4.69) is 15.3 Å². The molecule has 122 valence electrons. The lowest BCUT2D eigenvalue weighted by molar-refractivity contribution is -0.133. The highest BCUT2D eigenvalue weighted by Crippen LogP contribution is 2.18. The highest BCUT2D eigenvalue weighted by Gasteiger charge is 2.23. The van der Waals surface area contributed by atoms with Gasteiger partial charge in [0.1, 0.15) is 0 Å². The van der Waals surface area contributed by atoms with Crippen LogP contribution in [0, 0.1) is 6.92 Å². The summed E-state index contributed by atoms with van der Waals surface area (Å²) in [5, 5.41) is 3.26. The second-order valence-electron chi connectivity index (χ2n) is 6.19. The van der Waals surface area contributed by atoms with Gasteiger partial charge in [-0.2, -0.15) is 0 Å². The van der Waals surface area contributed by atoms with Crippen molar-refractivity contribution >= 4 is 17.2 Å². The van der Waals surface area contributed by atoms with Crippen molar-refractivity contribution in [2.75, 3.05) is 32.8 Å². The summed E-state index contributed by atoms with van der Waals surface area (Å²) >= 11 is 1.70. The molecule has 2 aliphatic heterocycles. The molecule has 1 aromatic rings. The van der Waals surface area contributed by atoms with Crippen LogP contribution < -0.4 is 0 Å². The van der Waals surface area contributed by atoms with Gasteiger partial charge in [0.2, 0.25) is 5.91 Å². The maximum atomic E-state index is 12.3. The number of carbonyl (C=O) groups excluding carboxylic acids is 1. The Balaban J connectivity index is 1.38. The van der Waals surface area contributed by atoms with Crippen LogP contribution in [0.4, 0.5) is 0 Å². The van der Waals surface area contributed by atoms with Crippen LogP contribution in [0.1, 0.15) is 36.4 Å². The summed E-state index contributed by atoms with van der Waals surface area (Å²) in [5.41, 5.74) is 1.15. The first kappa shape index (κ1) is 15.9. The second-order valence-corrected chi connectivity index (χ2v) is 7.25. The Labute approximate surface area is 136 Å². The molecule has 2 fully saturated rings. The van der Waals surface area contributed by atoms with Gasteiger partial charge in [0.05, 0.1) is 16.8 Å². The van der Waals surface area contributed by atoms with Gasteiger partial charge in [-0.15, -0.1) is 11.3 Å². The van der Waals surface area contributed by atoms with Gasteiger partial charge in [-0.1, -0.05) is 0 Å². The van der Waals surface area contributed by atoms with Crippen molar-refractivity contribution < 1.29 is 9.53 Å². The highest BCUT2D eigenvalue weighted by atomic mass is 32.1. The van der Waals surface area contributed by atoms with E-state index >= 15 is 0 Å². The Kier molecular flexibility index (Phi) is 5.44. The quantitative estimate of drug-likeness (QED) is 0.832. The molecule has 0 aliphatic carbocycles. The molecular formula is C16H25N3O2S. The Bertz CT molecular complexity index is 491. The van der Waals surface area contributed by atoms with Crippen LogP contribution in [0.25, 0.3) is 0 Å². The lowest BCUT2D eigenvalue weighted by atomic mass is 10.1. The summed E-state index contributed by atoms with van der Waals surface area (Å²) in [7, 11) is 0. The zero-order chi connectivity index (χ0) is 15.4. The van der Waals surface area contributed by atoms with Crippen molar-refractivity contribution in [2.24, 2.45) is 0 Å². The fourth-order valence-electron chi connectivity index (χ4n) is 3.18. The van der Waals surface area contributed by atoms with E-state index in [-0.39, 0.29) is 0 Å². The number of piperazine rings is 1. The van der Waals surface area contributed by atoms with Crippen molar-refractivity contribution in [1.29, 1.82) is 0 Å². The van der Waals surface area contributed by atoms with Crippen molar-refractivity contribution in [3.8, 4) is 0 Å². The maximum Gasteiger partial charge on any atom is 0.222 e. The van der Waals surface area contributed by atoms with Crippen LogP contribution in [0.2, 0.25) is 0 Å². The first-order valence-electron chi connectivity index (χ1n) is 8.23. The van der Waals surface area contributed by atoms with Crippen molar-refractivity contribution in [2.45, 2.75) is 45.3 Å². The summed E-state index contributed by atoms with van der Waals surface area (Å²) in [6.07, 6.45) is 4.10. The van der Waals surface area contributed by atoms with E-state index in [1.165, 1.54) is 0 Å². The van der Waals surface area contributed by atoms with Crippen LogP contribution in [-0.4, -0.2) is 59.6 Å². The van der Waals surface area contributed by atoms with Gasteiger partial charge in [0.25, 0.3) is 0 Å². The van der Waals surface area contributed by atoms with Gasteiger partial charge in [-0.25, -0.2) is 4.98 Å². The van der Waals surface area contributed by atoms with Gasteiger partial charge in [0.15, 0.2) is 0 Å². The number of hydrogen-bond acceptors (Lipinski definition) is 5. The zero-order valence-corrected chi connectivity index (χ0v) is 14.1. The minimum atomic E-state index is 0.291. The molecule has 0 aromatic carbocycles. The number of hydrogen-bond donors (Lipinski definition) is 0. The first-order valence-corrected chi connectivity index (χ1v) is 9.11. The Morgan fingerprint density at radius 3 is 2.86 bits per heavy atom. The van der Waals surface area contributed by atoms with E-state index in [1.54, 1.807) is 11.3 Å². The fourth-order valence-corrected chi connectivity index (χ4v) is 3.78. The standard InChI is InChI=1S/C16H25N3O2S/c1-13-17-14(12-22-13)11-18-6-8-19(9-7-18)16(20)5-4-15-3-2-10-21-15/h12,15H,2-11H2,1H3/t15-/m0/s1. The van der Waals surface area contributed by atoms with Gasteiger partial charge in [0, 0.05) is 51.1 Å². The molecule has 0 spiro atoms. The van der Waals surface area contributed by atoms with Gasteiger partial charge in [-0.3, -0.25) is 9.69 Å². The topological polar surface area (TPSA) is 45.7 Å². The van der Waals surface area contributed by atoms with Gasteiger partial charge >= 0.3 is 0 Å². The van der Waals surface area contributed by atoms with Crippen molar-refractivity contribution in [1.82, 2.24) is 14.8 Å². The predicted molar refractivity (Wildman–Crippen MR) is 86.9 cm³/mol. The molecule has 0 bridgehead atoms. The monoisotopic (exact) mass is 323 g/mol. The van der Waals surface area contributed by atoms with Crippen LogP contribution in [0.15, 0.2) is 5.38 Å². The number of ether oxygens (including phenoxy) is 1. The smallest absolute Gasteiger partial charge is 0.222 e. The van der Waals surface area contributed by atoms with E-state index < -0.39 is 0 Å². The number of carbonyl (C=O) groups is 1. The molecule has 5 nitrogen and oxygen atoms in total. The molecule has 6 heteroatoms. The molecule has 2 saturated heterocycles. The average Bonchev–Trinajstić information content (AvgIpc) is 3.17. The average molecular weight is 323 g/mol. The summed E-state index contributed by atoms with van der Waals surface area (Å²) in [5.74, 6) is 0.291. The first-order chi connectivity index (χ1) is 10.7. The number of amides is 1. The SMILES string of the molecule is Cc1nc(CN2CCN(C(=O)CC[C@@H]3CCCO3)CC2)cs1. The zero-order valence-electron chi connectivity index (χ0n) is 13.3.